The van der Waals surface area contributed by atoms with E-state index in [1.54, 1.807) is 43.3 Å². The Bertz CT molecular complexity index is 834. The molecule has 2 aromatic carbocycles. The average molecular weight is 381 g/mol. The predicted octanol–water partition coefficient (Wildman–Crippen LogP) is 3.83. The topological polar surface area (TPSA) is 66.5 Å². The van der Waals surface area contributed by atoms with E-state index in [1.807, 2.05) is 19.1 Å². The Morgan fingerprint density at radius 2 is 1.68 bits per heavy atom. The van der Waals surface area contributed by atoms with Gasteiger partial charge in [0.05, 0.1) is 11.9 Å². The van der Waals surface area contributed by atoms with Crippen molar-refractivity contribution in [3.63, 3.8) is 0 Å². The number of amides is 1. The average Bonchev–Trinajstić information content (AvgIpc) is 2.54. The van der Waals surface area contributed by atoms with Gasteiger partial charge in [-0.2, -0.15) is 0 Å². The maximum atomic E-state index is 12.7. The summed E-state index contributed by atoms with van der Waals surface area (Å²) in [6.45, 7) is 3.72. The minimum absolute atomic E-state index is 0.327. The maximum absolute atomic E-state index is 12.7. The van der Waals surface area contributed by atoms with Gasteiger partial charge in [-0.15, -0.1) is 0 Å². The zero-order chi connectivity index (χ0) is 18.6. The molecule has 1 unspecified atom stereocenters. The van der Waals surface area contributed by atoms with Crippen molar-refractivity contribution in [2.24, 2.45) is 0 Å². The molecule has 1 amide bonds. The van der Waals surface area contributed by atoms with E-state index in [9.17, 15) is 13.2 Å². The third-order valence-corrected chi connectivity index (χ3v) is 5.16. The van der Waals surface area contributed by atoms with Crippen LogP contribution < -0.4 is 9.62 Å². The molecule has 0 aliphatic carbocycles. The fraction of sp³-hybridized carbons (Fsp3) is 0.278. The van der Waals surface area contributed by atoms with Gasteiger partial charge in [0.2, 0.25) is 15.9 Å². The molecular weight excluding hydrogens is 360 g/mol. The van der Waals surface area contributed by atoms with Crippen molar-refractivity contribution in [3.05, 3.63) is 59.1 Å². The third-order valence-electron chi connectivity index (χ3n) is 3.73. The first kappa shape index (κ1) is 19.3. The highest BCUT2D eigenvalue weighted by atomic mass is 35.5. The summed E-state index contributed by atoms with van der Waals surface area (Å²) in [5.74, 6) is -0.383. The van der Waals surface area contributed by atoms with Crippen LogP contribution >= 0.6 is 11.6 Å². The maximum Gasteiger partial charge on any atom is 0.248 e. The van der Waals surface area contributed by atoms with Crippen LogP contribution in [-0.4, -0.2) is 26.6 Å². The predicted molar refractivity (Wildman–Crippen MR) is 103 cm³/mol. The Balaban J connectivity index is 2.34. The van der Waals surface area contributed by atoms with Crippen LogP contribution in [0.1, 0.15) is 18.9 Å². The summed E-state index contributed by atoms with van der Waals surface area (Å²) >= 11 is 5.88. The molecule has 0 heterocycles. The minimum atomic E-state index is -3.66. The van der Waals surface area contributed by atoms with Crippen molar-refractivity contribution in [1.82, 2.24) is 0 Å². The van der Waals surface area contributed by atoms with Crippen molar-refractivity contribution < 1.29 is 13.2 Å². The third kappa shape index (κ3) is 4.96. The largest absolute Gasteiger partial charge is 0.324 e. The smallest absolute Gasteiger partial charge is 0.248 e. The Kier molecular flexibility index (Phi) is 6.08. The lowest BCUT2D eigenvalue weighted by molar-refractivity contribution is -0.117. The number of benzene rings is 2. The normalized spacial score (nSPS) is 12.5. The number of rotatable bonds is 6. The van der Waals surface area contributed by atoms with Crippen molar-refractivity contribution in [1.29, 1.82) is 0 Å². The van der Waals surface area contributed by atoms with E-state index in [1.165, 1.54) is 0 Å². The minimum Gasteiger partial charge on any atom is -0.324 e. The highest BCUT2D eigenvalue weighted by Crippen LogP contribution is 2.25. The van der Waals surface area contributed by atoms with Gasteiger partial charge in [-0.1, -0.05) is 36.2 Å². The first-order chi connectivity index (χ1) is 11.7. The second-order valence-corrected chi connectivity index (χ2v) is 8.11. The molecule has 2 aromatic rings. The van der Waals surface area contributed by atoms with Gasteiger partial charge in [-0.05, 0) is 49.7 Å². The molecule has 0 aliphatic heterocycles. The van der Waals surface area contributed by atoms with Crippen molar-refractivity contribution in [3.8, 4) is 0 Å². The van der Waals surface area contributed by atoms with Crippen molar-refractivity contribution >= 4 is 38.9 Å². The van der Waals surface area contributed by atoms with Gasteiger partial charge >= 0.3 is 0 Å². The summed E-state index contributed by atoms with van der Waals surface area (Å²) in [4.78, 5) is 12.7. The molecule has 0 aromatic heterocycles. The SMILES string of the molecule is CCC(C(=O)Nc1ccc(C)cc1)N(c1ccc(Cl)cc1)S(C)(=O)=O. The van der Waals surface area contributed by atoms with E-state index in [-0.39, 0.29) is 5.91 Å². The first-order valence-corrected chi connectivity index (χ1v) is 10.1. The zero-order valence-corrected chi connectivity index (χ0v) is 15.9. The number of carbonyl (C=O) groups excluding carboxylic acids is 1. The van der Waals surface area contributed by atoms with Crippen LogP contribution in [0, 0.1) is 6.92 Å². The molecule has 0 saturated heterocycles. The van der Waals surface area contributed by atoms with Gasteiger partial charge in [0.15, 0.2) is 0 Å². The van der Waals surface area contributed by atoms with Crippen molar-refractivity contribution in [2.45, 2.75) is 26.3 Å². The van der Waals surface area contributed by atoms with Crippen LogP contribution in [0.2, 0.25) is 5.02 Å². The number of hydrogen-bond acceptors (Lipinski definition) is 3. The fourth-order valence-corrected chi connectivity index (χ4v) is 3.85. The summed E-state index contributed by atoms with van der Waals surface area (Å²) in [6.07, 6.45) is 1.41. The zero-order valence-electron chi connectivity index (χ0n) is 14.4. The van der Waals surface area contributed by atoms with Crippen molar-refractivity contribution in [2.75, 3.05) is 15.9 Å². The Labute approximate surface area is 153 Å². The van der Waals surface area contributed by atoms with E-state index in [0.717, 1.165) is 16.1 Å². The van der Waals surface area contributed by atoms with Gasteiger partial charge in [-0.3, -0.25) is 9.10 Å². The molecule has 2 rings (SSSR count). The molecule has 0 radical (unpaired) electrons. The van der Waals surface area contributed by atoms with Crippen LogP contribution in [0.25, 0.3) is 0 Å². The quantitative estimate of drug-likeness (QED) is 0.828. The Hall–Kier alpha value is -2.05. The number of carbonyl (C=O) groups is 1. The lowest BCUT2D eigenvalue weighted by Crippen LogP contribution is -2.46. The molecular formula is C18H21ClN2O3S. The van der Waals surface area contributed by atoms with Crippen LogP contribution in [0.4, 0.5) is 11.4 Å². The molecule has 25 heavy (non-hydrogen) atoms. The number of anilines is 2. The molecule has 0 saturated carbocycles. The molecule has 0 aliphatic rings. The van der Waals surface area contributed by atoms with Crippen LogP contribution in [0.3, 0.4) is 0 Å². The molecule has 134 valence electrons. The second-order valence-electron chi connectivity index (χ2n) is 5.81. The molecule has 0 bridgehead atoms. The molecule has 1 atom stereocenters. The Morgan fingerprint density at radius 1 is 1.12 bits per heavy atom. The summed E-state index contributed by atoms with van der Waals surface area (Å²) in [5, 5.41) is 3.28. The van der Waals surface area contributed by atoms with Crippen LogP contribution in [0.15, 0.2) is 48.5 Å². The summed E-state index contributed by atoms with van der Waals surface area (Å²) in [6, 6.07) is 12.8. The van der Waals surface area contributed by atoms with E-state index in [2.05, 4.69) is 5.32 Å². The van der Waals surface area contributed by atoms with Crippen LogP contribution in [0.5, 0.6) is 0 Å². The summed E-state index contributed by atoms with van der Waals surface area (Å²) in [5.41, 5.74) is 2.10. The van der Waals surface area contributed by atoms with Gasteiger partial charge in [0.1, 0.15) is 6.04 Å². The van der Waals surface area contributed by atoms with Gasteiger partial charge in [-0.25, -0.2) is 8.42 Å². The number of sulfonamides is 1. The number of nitrogens with one attached hydrogen (secondary N) is 1. The fourth-order valence-electron chi connectivity index (χ4n) is 2.51. The lowest BCUT2D eigenvalue weighted by atomic mass is 10.1. The van der Waals surface area contributed by atoms with Gasteiger partial charge < -0.3 is 5.32 Å². The second kappa shape index (κ2) is 7.89. The van der Waals surface area contributed by atoms with E-state index in [0.29, 0.717) is 22.8 Å². The molecule has 0 fully saturated rings. The number of nitrogens with zero attached hydrogens (tertiary/aromatic N) is 1. The molecule has 0 spiro atoms. The highest BCUT2D eigenvalue weighted by molar-refractivity contribution is 7.92. The Morgan fingerprint density at radius 3 is 2.16 bits per heavy atom. The number of halogens is 1. The number of aryl methyl sites for hydroxylation is 1. The highest BCUT2D eigenvalue weighted by Gasteiger charge is 2.31. The van der Waals surface area contributed by atoms with Gasteiger partial charge in [0, 0.05) is 10.7 Å². The lowest BCUT2D eigenvalue weighted by Gasteiger charge is -2.30. The molecule has 5 nitrogen and oxygen atoms in total. The van der Waals surface area contributed by atoms with E-state index < -0.39 is 16.1 Å². The van der Waals surface area contributed by atoms with Gasteiger partial charge in [0.25, 0.3) is 0 Å². The van der Waals surface area contributed by atoms with Crippen LogP contribution in [-0.2, 0) is 14.8 Å². The standard InChI is InChI=1S/C18H21ClN2O3S/c1-4-17(18(22)20-15-9-5-13(2)6-10-15)21(25(3,23)24)16-11-7-14(19)8-12-16/h5-12,17H,4H2,1-3H3,(H,20,22). The van der Waals surface area contributed by atoms with E-state index >= 15 is 0 Å². The monoisotopic (exact) mass is 380 g/mol. The molecule has 7 heteroatoms. The number of hydrogen-bond donors (Lipinski definition) is 1. The van der Waals surface area contributed by atoms with E-state index in [4.69, 9.17) is 11.6 Å². The summed E-state index contributed by atoms with van der Waals surface area (Å²) in [7, 11) is -3.66. The summed E-state index contributed by atoms with van der Waals surface area (Å²) < 4.78 is 25.8. The molecule has 1 N–H and O–H groups in total. The first-order valence-electron chi connectivity index (χ1n) is 7.85.